The number of hydrogen-bond acceptors (Lipinski definition) is 3. The number of hydrogen-bond donors (Lipinski definition) is 2. The molecule has 0 bridgehead atoms. The zero-order chi connectivity index (χ0) is 17.0. The summed E-state index contributed by atoms with van der Waals surface area (Å²) in [5.41, 5.74) is 0.592. The molecule has 0 aliphatic carbocycles. The number of benzene rings is 1. The number of aliphatic imine (C=N–C) groups is 1. The molecule has 1 atom stereocenters. The highest BCUT2D eigenvalue weighted by Crippen LogP contribution is 2.11. The fourth-order valence-corrected chi connectivity index (χ4v) is 2.50. The van der Waals surface area contributed by atoms with Gasteiger partial charge in [-0.25, -0.2) is 9.38 Å². The summed E-state index contributed by atoms with van der Waals surface area (Å²) in [5.74, 6) is 0.472. The number of guanidine groups is 1. The van der Waals surface area contributed by atoms with Gasteiger partial charge >= 0.3 is 0 Å². The van der Waals surface area contributed by atoms with Gasteiger partial charge in [-0.05, 0) is 32.3 Å². The van der Waals surface area contributed by atoms with Gasteiger partial charge in [0.1, 0.15) is 5.82 Å². The highest BCUT2D eigenvalue weighted by atomic mass is 19.1. The van der Waals surface area contributed by atoms with Crippen LogP contribution in [0.25, 0.3) is 0 Å². The minimum Gasteiger partial charge on any atom is -0.379 e. The lowest BCUT2D eigenvalue weighted by Gasteiger charge is -2.12. The van der Waals surface area contributed by atoms with Crippen molar-refractivity contribution in [1.82, 2.24) is 10.6 Å². The maximum atomic E-state index is 13.6. The molecule has 2 rings (SSSR count). The van der Waals surface area contributed by atoms with Gasteiger partial charge in [-0.2, -0.15) is 0 Å². The summed E-state index contributed by atoms with van der Waals surface area (Å²) in [4.78, 5) is 4.42. The van der Waals surface area contributed by atoms with E-state index in [9.17, 15) is 4.39 Å². The van der Waals surface area contributed by atoms with Crippen molar-refractivity contribution < 1.29 is 13.9 Å². The van der Waals surface area contributed by atoms with Crippen molar-refractivity contribution in [3.63, 3.8) is 0 Å². The van der Waals surface area contributed by atoms with E-state index in [0.29, 0.717) is 31.3 Å². The van der Waals surface area contributed by atoms with Crippen LogP contribution in [0.1, 0.15) is 31.7 Å². The Kier molecular flexibility index (Phi) is 8.55. The molecule has 2 N–H and O–H groups in total. The third kappa shape index (κ3) is 6.84. The predicted octanol–water partition coefficient (Wildman–Crippen LogP) is 2.47. The fourth-order valence-electron chi connectivity index (χ4n) is 2.50. The smallest absolute Gasteiger partial charge is 0.191 e. The average Bonchev–Trinajstić information content (AvgIpc) is 3.10. The minimum atomic E-state index is -0.223. The highest BCUT2D eigenvalue weighted by Gasteiger charge is 2.14. The number of ether oxygens (including phenoxy) is 2. The third-order valence-corrected chi connectivity index (χ3v) is 3.80. The molecule has 0 saturated carbocycles. The molecular weight excluding hydrogens is 309 g/mol. The highest BCUT2D eigenvalue weighted by molar-refractivity contribution is 5.79. The van der Waals surface area contributed by atoms with Crippen LogP contribution in [-0.2, 0) is 16.0 Å². The summed E-state index contributed by atoms with van der Waals surface area (Å²) in [5, 5.41) is 6.41. The Morgan fingerprint density at radius 2 is 2.25 bits per heavy atom. The van der Waals surface area contributed by atoms with E-state index in [1.807, 2.05) is 13.0 Å². The molecule has 5 nitrogen and oxygen atoms in total. The van der Waals surface area contributed by atoms with E-state index in [1.54, 1.807) is 12.1 Å². The second kappa shape index (κ2) is 11.0. The Hall–Kier alpha value is -1.66. The van der Waals surface area contributed by atoms with E-state index in [1.165, 1.54) is 6.07 Å². The van der Waals surface area contributed by atoms with Crippen LogP contribution in [-0.4, -0.2) is 45.0 Å². The van der Waals surface area contributed by atoms with Gasteiger partial charge in [0.2, 0.25) is 0 Å². The first-order valence-corrected chi connectivity index (χ1v) is 8.74. The number of nitrogens with one attached hydrogen (secondary N) is 2. The van der Waals surface area contributed by atoms with E-state index in [0.717, 1.165) is 39.0 Å². The first-order valence-electron chi connectivity index (χ1n) is 8.74. The molecule has 1 unspecified atom stereocenters. The van der Waals surface area contributed by atoms with Gasteiger partial charge in [0.25, 0.3) is 0 Å². The van der Waals surface area contributed by atoms with Crippen LogP contribution in [0.2, 0.25) is 0 Å². The number of nitrogens with zero attached hydrogens (tertiary/aromatic N) is 1. The Morgan fingerprint density at radius 3 is 3.00 bits per heavy atom. The van der Waals surface area contributed by atoms with Crippen molar-refractivity contribution >= 4 is 5.96 Å². The molecule has 1 aliphatic heterocycles. The second-order valence-corrected chi connectivity index (χ2v) is 5.78. The largest absolute Gasteiger partial charge is 0.379 e. The number of rotatable bonds is 9. The first-order chi connectivity index (χ1) is 11.8. The summed E-state index contributed by atoms with van der Waals surface area (Å²) in [6.07, 6.45) is 3.40. The lowest BCUT2D eigenvalue weighted by molar-refractivity contribution is 0.0168. The molecule has 1 aromatic carbocycles. The minimum absolute atomic E-state index is 0.223. The standard InChI is InChI=1S/C18H28FN3O2/c1-2-20-18(22-13-15-7-3-4-9-17(15)19)21-10-6-11-23-14-16-8-5-12-24-16/h3-4,7,9,16H,2,5-6,8,10-14H2,1H3,(H2,20,21,22). The molecule has 0 radical (unpaired) electrons. The summed E-state index contributed by atoms with van der Waals surface area (Å²) in [6.45, 7) is 6.08. The molecule has 1 aliphatic rings. The van der Waals surface area contributed by atoms with E-state index >= 15 is 0 Å². The van der Waals surface area contributed by atoms with Gasteiger partial charge < -0.3 is 20.1 Å². The van der Waals surface area contributed by atoms with E-state index < -0.39 is 0 Å². The van der Waals surface area contributed by atoms with Crippen LogP contribution in [0.3, 0.4) is 0 Å². The van der Waals surface area contributed by atoms with Gasteiger partial charge in [-0.3, -0.25) is 0 Å². The monoisotopic (exact) mass is 337 g/mol. The Labute approximate surface area is 143 Å². The molecule has 1 fully saturated rings. The van der Waals surface area contributed by atoms with Gasteiger partial charge in [-0.15, -0.1) is 0 Å². The van der Waals surface area contributed by atoms with Crippen LogP contribution < -0.4 is 10.6 Å². The summed E-state index contributed by atoms with van der Waals surface area (Å²) >= 11 is 0. The Bertz CT molecular complexity index is 505. The molecule has 0 amide bonds. The fraction of sp³-hybridized carbons (Fsp3) is 0.611. The van der Waals surface area contributed by atoms with Crippen LogP contribution in [0.15, 0.2) is 29.3 Å². The van der Waals surface area contributed by atoms with Gasteiger partial charge in [0.05, 0.1) is 19.3 Å². The molecule has 0 spiro atoms. The van der Waals surface area contributed by atoms with Crippen molar-refractivity contribution in [3.05, 3.63) is 35.6 Å². The number of halogens is 1. The van der Waals surface area contributed by atoms with Crippen molar-refractivity contribution in [2.45, 2.75) is 38.8 Å². The molecule has 24 heavy (non-hydrogen) atoms. The maximum Gasteiger partial charge on any atom is 0.191 e. The zero-order valence-corrected chi connectivity index (χ0v) is 14.4. The normalized spacial score (nSPS) is 17.9. The third-order valence-electron chi connectivity index (χ3n) is 3.80. The van der Waals surface area contributed by atoms with E-state index in [4.69, 9.17) is 9.47 Å². The van der Waals surface area contributed by atoms with Crippen LogP contribution in [0.5, 0.6) is 0 Å². The molecular formula is C18H28FN3O2. The lowest BCUT2D eigenvalue weighted by atomic mass is 10.2. The van der Waals surface area contributed by atoms with Gasteiger partial charge in [0, 0.05) is 31.9 Å². The van der Waals surface area contributed by atoms with Crippen molar-refractivity contribution in [1.29, 1.82) is 0 Å². The van der Waals surface area contributed by atoms with Gasteiger partial charge in [0.15, 0.2) is 5.96 Å². The first kappa shape index (κ1) is 18.7. The van der Waals surface area contributed by atoms with Crippen molar-refractivity contribution in [2.75, 3.05) is 32.9 Å². The zero-order valence-electron chi connectivity index (χ0n) is 14.4. The molecule has 6 heteroatoms. The SMILES string of the molecule is CCNC(=NCc1ccccc1F)NCCCOCC1CCCO1. The lowest BCUT2D eigenvalue weighted by Crippen LogP contribution is -2.38. The van der Waals surface area contributed by atoms with Crippen LogP contribution in [0, 0.1) is 5.82 Å². The summed E-state index contributed by atoms with van der Waals surface area (Å²) in [6, 6.07) is 6.71. The quantitative estimate of drug-likeness (QED) is 0.413. The Balaban J connectivity index is 1.64. The Morgan fingerprint density at radius 1 is 1.38 bits per heavy atom. The van der Waals surface area contributed by atoms with E-state index in [2.05, 4.69) is 15.6 Å². The van der Waals surface area contributed by atoms with Gasteiger partial charge in [-0.1, -0.05) is 18.2 Å². The topological polar surface area (TPSA) is 54.9 Å². The average molecular weight is 337 g/mol. The molecule has 0 aromatic heterocycles. The van der Waals surface area contributed by atoms with Crippen LogP contribution in [0.4, 0.5) is 4.39 Å². The predicted molar refractivity (Wildman–Crippen MR) is 93.6 cm³/mol. The molecule has 134 valence electrons. The summed E-state index contributed by atoms with van der Waals surface area (Å²) in [7, 11) is 0. The van der Waals surface area contributed by atoms with Crippen LogP contribution >= 0.6 is 0 Å². The van der Waals surface area contributed by atoms with Crippen molar-refractivity contribution in [2.24, 2.45) is 4.99 Å². The molecule has 1 heterocycles. The maximum absolute atomic E-state index is 13.6. The molecule has 1 aromatic rings. The molecule has 1 saturated heterocycles. The van der Waals surface area contributed by atoms with E-state index in [-0.39, 0.29) is 11.9 Å². The summed E-state index contributed by atoms with van der Waals surface area (Å²) < 4.78 is 24.8. The van der Waals surface area contributed by atoms with Crippen molar-refractivity contribution in [3.8, 4) is 0 Å². The second-order valence-electron chi connectivity index (χ2n) is 5.78.